The van der Waals surface area contributed by atoms with Gasteiger partial charge in [0, 0.05) is 11.5 Å². The first-order valence-corrected chi connectivity index (χ1v) is 6.57. The van der Waals surface area contributed by atoms with Crippen LogP contribution in [-0.4, -0.2) is 21.7 Å². The van der Waals surface area contributed by atoms with Gasteiger partial charge in [-0.15, -0.1) is 0 Å². The zero-order valence-corrected chi connectivity index (χ0v) is 10.8. The molecular formula is C11H16O2S2. The van der Waals surface area contributed by atoms with Gasteiger partial charge in [-0.2, -0.15) is 0 Å². The van der Waals surface area contributed by atoms with Gasteiger partial charge in [-0.05, 0) is 31.4 Å². The maximum absolute atomic E-state index is 11.1. The van der Waals surface area contributed by atoms with E-state index in [2.05, 4.69) is 13.2 Å². The molecule has 0 atom stereocenters. The molecule has 0 aromatic rings. The van der Waals surface area contributed by atoms with Crippen molar-refractivity contribution in [3.8, 4) is 0 Å². The first-order chi connectivity index (χ1) is 6.95. The van der Waals surface area contributed by atoms with Crippen molar-refractivity contribution in [1.29, 1.82) is 0 Å². The van der Waals surface area contributed by atoms with Gasteiger partial charge in [0.1, 0.15) is 0 Å². The van der Waals surface area contributed by atoms with Crippen molar-refractivity contribution in [3.05, 3.63) is 24.3 Å². The number of hydrogen-bond acceptors (Lipinski definition) is 4. The predicted molar refractivity (Wildman–Crippen MR) is 69.2 cm³/mol. The number of carbonyl (C=O) groups is 2. The smallest absolute Gasteiger partial charge is 0.214 e. The summed E-state index contributed by atoms with van der Waals surface area (Å²) in [5, 5.41) is 0.0671. The maximum Gasteiger partial charge on any atom is 0.214 e. The molecule has 0 aromatic carbocycles. The first kappa shape index (κ1) is 14.5. The summed E-state index contributed by atoms with van der Waals surface area (Å²) >= 11 is 2.52. The summed E-state index contributed by atoms with van der Waals surface area (Å²) in [6.45, 7) is 10.5. The van der Waals surface area contributed by atoms with Gasteiger partial charge in [0.15, 0.2) is 0 Å². The highest BCUT2D eigenvalue weighted by Crippen LogP contribution is 2.14. The van der Waals surface area contributed by atoms with E-state index in [9.17, 15) is 9.59 Å². The lowest BCUT2D eigenvalue weighted by molar-refractivity contribution is -0.108. The van der Waals surface area contributed by atoms with Gasteiger partial charge in [0.05, 0.1) is 0 Å². The molecule has 0 spiro atoms. The summed E-state index contributed by atoms with van der Waals surface area (Å²) < 4.78 is 0. The van der Waals surface area contributed by atoms with Crippen LogP contribution >= 0.6 is 23.5 Å². The lowest BCUT2D eigenvalue weighted by atomic mass is 10.4. The van der Waals surface area contributed by atoms with Crippen molar-refractivity contribution in [2.24, 2.45) is 0 Å². The van der Waals surface area contributed by atoms with Crippen LogP contribution in [0.3, 0.4) is 0 Å². The van der Waals surface area contributed by atoms with Crippen molar-refractivity contribution >= 4 is 33.8 Å². The molecule has 15 heavy (non-hydrogen) atoms. The Bertz CT molecular complexity index is 254. The van der Waals surface area contributed by atoms with Gasteiger partial charge < -0.3 is 0 Å². The van der Waals surface area contributed by atoms with Crippen LogP contribution in [0.25, 0.3) is 0 Å². The third-order valence-electron chi connectivity index (χ3n) is 1.45. The fourth-order valence-corrected chi connectivity index (χ4v) is 2.26. The van der Waals surface area contributed by atoms with Gasteiger partial charge >= 0.3 is 0 Å². The zero-order chi connectivity index (χ0) is 11.8. The van der Waals surface area contributed by atoms with Crippen LogP contribution < -0.4 is 0 Å². The van der Waals surface area contributed by atoms with Gasteiger partial charge in [-0.25, -0.2) is 0 Å². The molecule has 0 radical (unpaired) electrons. The summed E-state index contributed by atoms with van der Waals surface area (Å²) in [5.74, 6) is 1.48. The Balaban J connectivity index is 3.48. The second kappa shape index (κ2) is 7.77. The number of carbonyl (C=O) groups excluding carboxylic acids is 2. The topological polar surface area (TPSA) is 34.1 Å². The third kappa shape index (κ3) is 7.45. The molecule has 0 saturated heterocycles. The van der Waals surface area contributed by atoms with E-state index in [0.29, 0.717) is 11.1 Å². The van der Waals surface area contributed by atoms with E-state index in [1.54, 1.807) is 13.8 Å². The Morgan fingerprint density at radius 3 is 1.53 bits per heavy atom. The summed E-state index contributed by atoms with van der Waals surface area (Å²) in [7, 11) is 0. The Morgan fingerprint density at radius 2 is 1.27 bits per heavy atom. The molecule has 0 rings (SSSR count). The Morgan fingerprint density at radius 1 is 0.933 bits per heavy atom. The van der Waals surface area contributed by atoms with E-state index in [0.717, 1.165) is 17.9 Å². The Kier molecular flexibility index (Phi) is 7.52. The molecule has 2 nitrogen and oxygen atoms in total. The fraction of sp³-hybridized carbons (Fsp3) is 0.455. The molecule has 84 valence electrons. The van der Waals surface area contributed by atoms with Gasteiger partial charge in [-0.3, -0.25) is 9.59 Å². The molecule has 0 bridgehead atoms. The van der Waals surface area contributed by atoms with E-state index in [1.807, 2.05) is 0 Å². The van der Waals surface area contributed by atoms with Crippen LogP contribution in [0.1, 0.15) is 20.3 Å². The van der Waals surface area contributed by atoms with Crippen molar-refractivity contribution < 1.29 is 9.59 Å². The maximum atomic E-state index is 11.1. The van der Waals surface area contributed by atoms with Crippen molar-refractivity contribution in [2.75, 3.05) is 11.5 Å². The minimum Gasteiger partial charge on any atom is -0.282 e. The average molecular weight is 244 g/mol. The molecule has 0 amide bonds. The van der Waals surface area contributed by atoms with Gasteiger partial charge in [-0.1, -0.05) is 36.7 Å². The Labute approximate surface area is 99.6 Å². The average Bonchev–Trinajstić information content (AvgIpc) is 2.16. The molecule has 0 aromatic heterocycles. The van der Waals surface area contributed by atoms with E-state index in [1.165, 1.54) is 23.5 Å². The second-order valence-corrected chi connectivity index (χ2v) is 5.32. The summed E-state index contributed by atoms with van der Waals surface area (Å²) in [5.41, 5.74) is 1.15. The molecule has 0 aliphatic carbocycles. The van der Waals surface area contributed by atoms with Crippen LogP contribution in [-0.2, 0) is 9.59 Å². The monoisotopic (exact) mass is 244 g/mol. The van der Waals surface area contributed by atoms with Gasteiger partial charge in [0.2, 0.25) is 10.2 Å². The quantitative estimate of drug-likeness (QED) is 0.531. The van der Waals surface area contributed by atoms with Crippen molar-refractivity contribution in [2.45, 2.75) is 20.3 Å². The normalized spacial score (nSPS) is 9.73. The molecular weight excluding hydrogens is 228 g/mol. The van der Waals surface area contributed by atoms with Gasteiger partial charge in [0.25, 0.3) is 0 Å². The summed E-state index contributed by atoms with van der Waals surface area (Å²) in [6.07, 6.45) is 0.841. The summed E-state index contributed by atoms with van der Waals surface area (Å²) in [6, 6.07) is 0. The molecule has 0 heterocycles. The van der Waals surface area contributed by atoms with Crippen molar-refractivity contribution in [1.82, 2.24) is 0 Å². The number of hydrogen-bond donors (Lipinski definition) is 0. The third-order valence-corrected chi connectivity index (χ3v) is 3.66. The minimum atomic E-state index is 0.0335. The second-order valence-electron chi connectivity index (χ2n) is 3.19. The minimum absolute atomic E-state index is 0.0335. The van der Waals surface area contributed by atoms with E-state index < -0.39 is 0 Å². The molecule has 0 aliphatic heterocycles. The first-order valence-electron chi connectivity index (χ1n) is 4.60. The molecule has 4 heteroatoms. The van der Waals surface area contributed by atoms with Crippen LogP contribution in [0.15, 0.2) is 24.3 Å². The number of rotatable bonds is 6. The molecule has 0 fully saturated rings. The van der Waals surface area contributed by atoms with Crippen LogP contribution in [0.5, 0.6) is 0 Å². The van der Waals surface area contributed by atoms with Crippen LogP contribution in [0.2, 0.25) is 0 Å². The van der Waals surface area contributed by atoms with E-state index in [-0.39, 0.29) is 10.2 Å². The molecule has 0 saturated carbocycles. The number of thioether (sulfide) groups is 2. The standard InChI is InChI=1S/C11H16O2S2/c1-8(2)10(12)14-6-5-7-15-11(13)9(3)4/h1,3,5-7H2,2,4H3. The largest absolute Gasteiger partial charge is 0.282 e. The SMILES string of the molecule is C=C(C)C(=O)SCCCSC(=O)C(=C)C. The predicted octanol–water partition coefficient (Wildman–Crippen LogP) is 3.05. The van der Waals surface area contributed by atoms with Crippen LogP contribution in [0, 0.1) is 0 Å². The Hall–Kier alpha value is -0.480. The molecule has 0 unspecified atom stereocenters. The highest BCUT2D eigenvalue weighted by Gasteiger charge is 2.04. The highest BCUT2D eigenvalue weighted by molar-refractivity contribution is 8.14. The summed E-state index contributed by atoms with van der Waals surface area (Å²) in [4.78, 5) is 22.2. The van der Waals surface area contributed by atoms with Crippen LogP contribution in [0.4, 0.5) is 0 Å². The van der Waals surface area contributed by atoms with Crippen molar-refractivity contribution in [3.63, 3.8) is 0 Å². The van der Waals surface area contributed by atoms with E-state index in [4.69, 9.17) is 0 Å². The molecule has 0 aliphatic rings. The fourth-order valence-electron chi connectivity index (χ4n) is 0.635. The lowest BCUT2D eigenvalue weighted by Crippen LogP contribution is -1.97. The highest BCUT2D eigenvalue weighted by atomic mass is 32.2. The van der Waals surface area contributed by atoms with E-state index >= 15 is 0 Å². The zero-order valence-electron chi connectivity index (χ0n) is 9.17. The molecule has 0 N–H and O–H groups in total. The lowest BCUT2D eigenvalue weighted by Gasteiger charge is -2.00.